The molecule has 8 heteroatoms. The Hall–Kier alpha value is -3.78. The Labute approximate surface area is 189 Å². The van der Waals surface area contributed by atoms with Crippen LogP contribution in [0.2, 0.25) is 0 Å². The third-order valence-electron chi connectivity index (χ3n) is 4.70. The van der Waals surface area contributed by atoms with E-state index in [1.165, 1.54) is 18.7 Å². The lowest BCUT2D eigenvalue weighted by Gasteiger charge is -2.10. The number of benzene rings is 2. The highest BCUT2D eigenvalue weighted by Crippen LogP contribution is 2.27. The minimum absolute atomic E-state index is 0.00698. The fraction of sp³-hybridized carbons (Fsp3) is 0.125. The average Bonchev–Trinajstić information content (AvgIpc) is 3.24. The molecule has 0 atom stereocenters. The lowest BCUT2D eigenvalue weighted by atomic mass is 10.1. The van der Waals surface area contributed by atoms with Crippen LogP contribution in [0.3, 0.4) is 0 Å². The number of carbonyl (C=O) groups excluding carboxylic acids is 2. The molecule has 4 aromatic rings. The molecule has 0 aliphatic rings. The molecule has 0 radical (unpaired) electrons. The lowest BCUT2D eigenvalue weighted by molar-refractivity contribution is -0.115. The quantitative estimate of drug-likeness (QED) is 0.315. The van der Waals surface area contributed by atoms with Gasteiger partial charge in [-0.2, -0.15) is 0 Å². The number of para-hydroxylation sites is 1. The van der Waals surface area contributed by atoms with Gasteiger partial charge >= 0.3 is 0 Å². The van der Waals surface area contributed by atoms with E-state index in [0.29, 0.717) is 34.4 Å². The Kier molecular flexibility index (Phi) is 6.72. The Balaban J connectivity index is 1.45. The van der Waals surface area contributed by atoms with Gasteiger partial charge in [0.1, 0.15) is 0 Å². The van der Waals surface area contributed by atoms with Gasteiger partial charge in [0, 0.05) is 47.1 Å². The van der Waals surface area contributed by atoms with Crippen LogP contribution in [-0.4, -0.2) is 37.2 Å². The van der Waals surface area contributed by atoms with Gasteiger partial charge in [0.05, 0.1) is 0 Å². The van der Waals surface area contributed by atoms with Gasteiger partial charge in [0.15, 0.2) is 16.8 Å². The molecule has 0 saturated carbocycles. The van der Waals surface area contributed by atoms with Crippen LogP contribution in [-0.2, 0) is 4.79 Å². The van der Waals surface area contributed by atoms with Crippen molar-refractivity contribution in [2.75, 3.05) is 11.1 Å². The van der Waals surface area contributed by atoms with Crippen LogP contribution in [0.25, 0.3) is 17.1 Å². The predicted molar refractivity (Wildman–Crippen MR) is 125 cm³/mol. The molecule has 0 aliphatic heterocycles. The molecule has 2 aromatic heterocycles. The number of rotatable bonds is 8. The second-order valence-electron chi connectivity index (χ2n) is 7.00. The second kappa shape index (κ2) is 10.0. The van der Waals surface area contributed by atoms with Crippen LogP contribution in [0.15, 0.2) is 84.3 Å². The standard InChI is InChI=1S/C24H21N5O2S/c1-17(30)18-9-11-20(12-10-18)26-22(31)13-15-32-24-28-27-23(19-6-5-14-25-16-19)29(24)21-7-3-2-4-8-21/h2-12,14,16H,13,15H2,1H3,(H,26,31). The highest BCUT2D eigenvalue weighted by Gasteiger charge is 2.16. The van der Waals surface area contributed by atoms with E-state index in [2.05, 4.69) is 20.5 Å². The largest absolute Gasteiger partial charge is 0.326 e. The number of pyridine rings is 1. The molecule has 1 N–H and O–H groups in total. The van der Waals surface area contributed by atoms with E-state index >= 15 is 0 Å². The number of hydrogen-bond donors (Lipinski definition) is 1. The van der Waals surface area contributed by atoms with Crippen molar-refractivity contribution >= 4 is 29.1 Å². The molecule has 0 fully saturated rings. The van der Waals surface area contributed by atoms with E-state index in [-0.39, 0.29) is 11.7 Å². The minimum atomic E-state index is -0.105. The normalized spacial score (nSPS) is 10.7. The molecule has 2 heterocycles. The van der Waals surface area contributed by atoms with Gasteiger partial charge in [-0.3, -0.25) is 19.1 Å². The number of anilines is 1. The Morgan fingerprint density at radius 1 is 0.969 bits per heavy atom. The molecule has 32 heavy (non-hydrogen) atoms. The maximum absolute atomic E-state index is 12.4. The Bertz CT molecular complexity index is 1210. The average molecular weight is 444 g/mol. The van der Waals surface area contributed by atoms with Gasteiger partial charge in [-0.05, 0) is 55.5 Å². The number of thioether (sulfide) groups is 1. The zero-order chi connectivity index (χ0) is 22.3. The highest BCUT2D eigenvalue weighted by molar-refractivity contribution is 7.99. The van der Waals surface area contributed by atoms with Crippen molar-refractivity contribution in [1.29, 1.82) is 0 Å². The maximum atomic E-state index is 12.4. The molecule has 0 aliphatic carbocycles. The number of amides is 1. The number of carbonyl (C=O) groups is 2. The molecular formula is C24H21N5O2S. The maximum Gasteiger partial charge on any atom is 0.225 e. The Morgan fingerprint density at radius 3 is 2.44 bits per heavy atom. The molecular weight excluding hydrogens is 422 g/mol. The van der Waals surface area contributed by atoms with Crippen molar-refractivity contribution in [2.45, 2.75) is 18.5 Å². The SMILES string of the molecule is CC(=O)c1ccc(NC(=O)CCSc2nnc(-c3cccnc3)n2-c2ccccc2)cc1. The first-order valence-electron chi connectivity index (χ1n) is 10.1. The summed E-state index contributed by atoms with van der Waals surface area (Å²) in [4.78, 5) is 27.9. The van der Waals surface area contributed by atoms with Gasteiger partial charge in [0.25, 0.3) is 0 Å². The van der Waals surface area contributed by atoms with E-state index in [1.807, 2.05) is 47.0 Å². The summed E-state index contributed by atoms with van der Waals surface area (Å²) in [5, 5.41) is 12.3. The van der Waals surface area contributed by atoms with Crippen LogP contribution in [0.5, 0.6) is 0 Å². The van der Waals surface area contributed by atoms with Gasteiger partial charge in [-0.15, -0.1) is 10.2 Å². The number of ketones is 1. The molecule has 7 nitrogen and oxygen atoms in total. The minimum Gasteiger partial charge on any atom is -0.326 e. The van der Waals surface area contributed by atoms with Crippen molar-refractivity contribution in [2.24, 2.45) is 0 Å². The number of aromatic nitrogens is 4. The summed E-state index contributed by atoms with van der Waals surface area (Å²) in [5.41, 5.74) is 3.08. The van der Waals surface area contributed by atoms with Gasteiger partial charge in [-0.25, -0.2) is 0 Å². The van der Waals surface area contributed by atoms with Crippen molar-refractivity contribution in [3.05, 3.63) is 84.7 Å². The summed E-state index contributed by atoms with van der Waals surface area (Å²) in [5.74, 6) is 1.12. The summed E-state index contributed by atoms with van der Waals surface area (Å²) in [6.45, 7) is 1.51. The lowest BCUT2D eigenvalue weighted by Crippen LogP contribution is -2.12. The predicted octanol–water partition coefficient (Wildman–Crippen LogP) is 4.65. The molecule has 1 amide bonds. The van der Waals surface area contributed by atoms with Crippen LogP contribution in [0.1, 0.15) is 23.7 Å². The molecule has 4 rings (SSSR count). The monoisotopic (exact) mass is 443 g/mol. The summed E-state index contributed by atoms with van der Waals surface area (Å²) in [6, 6.07) is 20.5. The third-order valence-corrected chi connectivity index (χ3v) is 5.63. The number of hydrogen-bond acceptors (Lipinski definition) is 6. The second-order valence-corrected chi connectivity index (χ2v) is 8.06. The Morgan fingerprint density at radius 2 is 1.75 bits per heavy atom. The number of Topliss-reactive ketones (excluding diaryl/α,β-unsaturated/α-hetero) is 1. The van der Waals surface area contributed by atoms with Crippen LogP contribution >= 0.6 is 11.8 Å². The molecule has 0 unspecified atom stereocenters. The first kappa shape index (κ1) is 21.5. The molecule has 0 spiro atoms. The van der Waals surface area contributed by atoms with E-state index in [4.69, 9.17) is 0 Å². The van der Waals surface area contributed by atoms with Crippen LogP contribution in [0.4, 0.5) is 5.69 Å². The van der Waals surface area contributed by atoms with Gasteiger partial charge in [0.2, 0.25) is 5.91 Å². The first-order valence-corrected chi connectivity index (χ1v) is 11.1. The molecule has 2 aromatic carbocycles. The van der Waals surface area contributed by atoms with Crippen LogP contribution < -0.4 is 5.32 Å². The van der Waals surface area contributed by atoms with Crippen molar-refractivity contribution < 1.29 is 9.59 Å². The summed E-state index contributed by atoms with van der Waals surface area (Å²) in [6.07, 6.45) is 3.78. The summed E-state index contributed by atoms with van der Waals surface area (Å²) in [7, 11) is 0. The van der Waals surface area contributed by atoms with Gasteiger partial charge in [-0.1, -0.05) is 30.0 Å². The van der Waals surface area contributed by atoms with Crippen LogP contribution in [0, 0.1) is 0 Å². The highest BCUT2D eigenvalue weighted by atomic mass is 32.2. The number of nitrogens with one attached hydrogen (secondary N) is 1. The van der Waals surface area contributed by atoms with E-state index in [0.717, 1.165) is 11.3 Å². The fourth-order valence-electron chi connectivity index (χ4n) is 3.10. The van der Waals surface area contributed by atoms with Gasteiger partial charge < -0.3 is 5.32 Å². The first-order chi connectivity index (χ1) is 15.6. The van der Waals surface area contributed by atoms with E-state index < -0.39 is 0 Å². The van der Waals surface area contributed by atoms with Crippen molar-refractivity contribution in [3.63, 3.8) is 0 Å². The molecule has 0 saturated heterocycles. The van der Waals surface area contributed by atoms with E-state index in [1.54, 1.807) is 36.7 Å². The third kappa shape index (κ3) is 5.09. The number of nitrogens with zero attached hydrogens (tertiary/aromatic N) is 4. The molecule has 0 bridgehead atoms. The topological polar surface area (TPSA) is 89.8 Å². The fourth-order valence-corrected chi connectivity index (χ4v) is 3.99. The molecule has 160 valence electrons. The van der Waals surface area contributed by atoms with Crippen molar-refractivity contribution in [1.82, 2.24) is 19.7 Å². The zero-order valence-electron chi connectivity index (χ0n) is 17.4. The summed E-state index contributed by atoms with van der Waals surface area (Å²) < 4.78 is 1.97. The van der Waals surface area contributed by atoms with Crippen molar-refractivity contribution in [3.8, 4) is 17.1 Å². The summed E-state index contributed by atoms with van der Waals surface area (Å²) >= 11 is 1.47. The zero-order valence-corrected chi connectivity index (χ0v) is 18.2. The van der Waals surface area contributed by atoms with E-state index in [9.17, 15) is 9.59 Å². The smallest absolute Gasteiger partial charge is 0.225 e.